The van der Waals surface area contributed by atoms with Gasteiger partial charge in [-0.15, -0.1) is 0 Å². The van der Waals surface area contributed by atoms with Gasteiger partial charge in [-0.3, -0.25) is 0 Å². The summed E-state index contributed by atoms with van der Waals surface area (Å²) in [4.78, 5) is 15.1. The number of carbonyl (C=O) groups is 1. The summed E-state index contributed by atoms with van der Waals surface area (Å²) in [6.45, 7) is 1.50. The van der Waals surface area contributed by atoms with Crippen LogP contribution in [0.25, 0.3) is 11.5 Å². The molecular weight excluding hydrogens is 311 g/mol. The van der Waals surface area contributed by atoms with Crippen LogP contribution in [-0.2, 0) is 4.74 Å². The largest absolute Gasteiger partial charge is 0.460 e. The third-order valence-corrected chi connectivity index (χ3v) is 2.89. The smallest absolute Gasteiger partial charge is 0.376 e. The van der Waals surface area contributed by atoms with E-state index in [1.54, 1.807) is 0 Å². The number of oxazole rings is 1. The standard InChI is InChI=1S/C13H9ClF3NO3/c1-2-20-13(19)10-9(11(16)17)18-12(21-10)6-4-3-5-7(15)8(6)14/h3-5,11H,2H2,1H3. The first-order valence-electron chi connectivity index (χ1n) is 5.86. The zero-order valence-electron chi connectivity index (χ0n) is 10.7. The lowest BCUT2D eigenvalue weighted by Gasteiger charge is -2.00. The van der Waals surface area contributed by atoms with Crippen molar-refractivity contribution in [2.24, 2.45) is 0 Å². The average Bonchev–Trinajstić information content (AvgIpc) is 2.87. The lowest BCUT2D eigenvalue weighted by Crippen LogP contribution is -2.06. The summed E-state index contributed by atoms with van der Waals surface area (Å²) in [6.07, 6.45) is -3.05. The monoisotopic (exact) mass is 319 g/mol. The fraction of sp³-hybridized carbons (Fsp3) is 0.231. The van der Waals surface area contributed by atoms with Crippen molar-refractivity contribution < 1.29 is 27.1 Å². The lowest BCUT2D eigenvalue weighted by atomic mass is 10.2. The number of hydrogen-bond donors (Lipinski definition) is 0. The molecule has 112 valence electrons. The number of aromatic nitrogens is 1. The second kappa shape index (κ2) is 6.17. The summed E-state index contributed by atoms with van der Waals surface area (Å²) < 4.78 is 48.8. The molecule has 0 saturated carbocycles. The van der Waals surface area contributed by atoms with Gasteiger partial charge in [0, 0.05) is 0 Å². The van der Waals surface area contributed by atoms with Crippen LogP contribution in [0.2, 0.25) is 5.02 Å². The summed E-state index contributed by atoms with van der Waals surface area (Å²) in [5.74, 6) is -2.93. The Bertz CT molecular complexity index is 673. The van der Waals surface area contributed by atoms with Crippen LogP contribution in [0.5, 0.6) is 0 Å². The van der Waals surface area contributed by atoms with Crippen molar-refractivity contribution in [2.75, 3.05) is 6.61 Å². The highest BCUT2D eigenvalue weighted by Gasteiger charge is 2.28. The molecule has 1 heterocycles. The van der Waals surface area contributed by atoms with Crippen LogP contribution < -0.4 is 0 Å². The molecule has 1 aromatic heterocycles. The van der Waals surface area contributed by atoms with E-state index in [0.717, 1.165) is 6.07 Å². The second-order valence-corrected chi connectivity index (χ2v) is 4.23. The van der Waals surface area contributed by atoms with E-state index in [0.29, 0.717) is 0 Å². The van der Waals surface area contributed by atoms with Gasteiger partial charge in [0.05, 0.1) is 17.2 Å². The number of carbonyl (C=O) groups excluding carboxylic acids is 1. The number of rotatable bonds is 4. The van der Waals surface area contributed by atoms with Crippen molar-refractivity contribution in [3.05, 3.63) is 40.5 Å². The Balaban J connectivity index is 2.54. The fourth-order valence-electron chi connectivity index (χ4n) is 1.61. The van der Waals surface area contributed by atoms with Crippen molar-refractivity contribution in [3.8, 4) is 11.5 Å². The molecule has 0 aliphatic heterocycles. The number of esters is 1. The molecule has 2 rings (SSSR count). The Labute approximate surface area is 122 Å². The first-order valence-corrected chi connectivity index (χ1v) is 6.23. The highest BCUT2D eigenvalue weighted by Crippen LogP contribution is 2.33. The minimum Gasteiger partial charge on any atom is -0.460 e. The predicted octanol–water partition coefficient (Wildman–Crippen LogP) is 4.25. The minimum absolute atomic E-state index is 0.0156. The maximum atomic E-state index is 13.4. The Morgan fingerprint density at radius 2 is 2.19 bits per heavy atom. The van der Waals surface area contributed by atoms with E-state index in [2.05, 4.69) is 9.72 Å². The van der Waals surface area contributed by atoms with E-state index < -0.39 is 29.7 Å². The number of nitrogens with zero attached hydrogens (tertiary/aromatic N) is 1. The average molecular weight is 320 g/mol. The van der Waals surface area contributed by atoms with Crippen LogP contribution in [0.4, 0.5) is 13.2 Å². The molecule has 0 unspecified atom stereocenters. The highest BCUT2D eigenvalue weighted by atomic mass is 35.5. The predicted molar refractivity (Wildman–Crippen MR) is 67.8 cm³/mol. The van der Waals surface area contributed by atoms with E-state index in [1.807, 2.05) is 0 Å². The van der Waals surface area contributed by atoms with Crippen molar-refractivity contribution in [1.82, 2.24) is 4.98 Å². The quantitative estimate of drug-likeness (QED) is 0.791. The molecule has 0 aliphatic carbocycles. The summed E-state index contributed by atoms with van der Waals surface area (Å²) in [5.41, 5.74) is -0.905. The maximum absolute atomic E-state index is 13.4. The SMILES string of the molecule is CCOC(=O)c1oc(-c2cccc(F)c2Cl)nc1C(F)F. The summed E-state index contributed by atoms with van der Waals surface area (Å²) in [7, 11) is 0. The maximum Gasteiger partial charge on any atom is 0.376 e. The van der Waals surface area contributed by atoms with Crippen molar-refractivity contribution in [1.29, 1.82) is 0 Å². The number of benzene rings is 1. The molecule has 2 aromatic rings. The van der Waals surface area contributed by atoms with E-state index in [4.69, 9.17) is 16.0 Å². The molecule has 4 nitrogen and oxygen atoms in total. The molecule has 0 aliphatic rings. The second-order valence-electron chi connectivity index (χ2n) is 3.86. The van der Waals surface area contributed by atoms with E-state index >= 15 is 0 Å². The van der Waals surface area contributed by atoms with Gasteiger partial charge in [0.25, 0.3) is 6.43 Å². The molecule has 8 heteroatoms. The zero-order valence-corrected chi connectivity index (χ0v) is 11.5. The molecule has 0 fully saturated rings. The number of hydrogen-bond acceptors (Lipinski definition) is 4. The van der Waals surface area contributed by atoms with Crippen LogP contribution in [-0.4, -0.2) is 17.6 Å². The molecule has 0 radical (unpaired) electrons. The van der Waals surface area contributed by atoms with E-state index in [9.17, 15) is 18.0 Å². The third-order valence-electron chi connectivity index (χ3n) is 2.50. The lowest BCUT2D eigenvalue weighted by molar-refractivity contribution is 0.0476. The molecule has 0 atom stereocenters. The Morgan fingerprint density at radius 3 is 2.81 bits per heavy atom. The van der Waals surface area contributed by atoms with Crippen molar-refractivity contribution in [2.45, 2.75) is 13.3 Å². The van der Waals surface area contributed by atoms with Gasteiger partial charge in [0.15, 0.2) is 5.69 Å². The first-order chi connectivity index (χ1) is 9.95. The highest BCUT2D eigenvalue weighted by molar-refractivity contribution is 6.33. The Hall–Kier alpha value is -2.02. The molecule has 1 aromatic carbocycles. The minimum atomic E-state index is -3.05. The number of halogens is 4. The van der Waals surface area contributed by atoms with Gasteiger partial charge >= 0.3 is 5.97 Å². The fourth-order valence-corrected chi connectivity index (χ4v) is 1.81. The summed E-state index contributed by atoms with van der Waals surface area (Å²) in [6, 6.07) is 3.74. The van der Waals surface area contributed by atoms with Crippen LogP contribution in [0, 0.1) is 5.82 Å². The Kier molecular flexibility index (Phi) is 4.52. The molecule has 0 saturated heterocycles. The van der Waals surface area contributed by atoms with Gasteiger partial charge in [-0.25, -0.2) is 22.9 Å². The third kappa shape index (κ3) is 3.02. The van der Waals surface area contributed by atoms with Gasteiger partial charge in [0.1, 0.15) is 5.82 Å². The van der Waals surface area contributed by atoms with Gasteiger partial charge in [-0.1, -0.05) is 17.7 Å². The van der Waals surface area contributed by atoms with E-state index in [1.165, 1.54) is 19.1 Å². The number of alkyl halides is 2. The molecule has 0 N–H and O–H groups in total. The van der Waals surface area contributed by atoms with Crippen LogP contribution in [0.15, 0.2) is 22.6 Å². The van der Waals surface area contributed by atoms with E-state index in [-0.39, 0.29) is 23.1 Å². The molecule has 0 amide bonds. The number of ether oxygens (including phenoxy) is 1. The summed E-state index contributed by atoms with van der Waals surface area (Å²) >= 11 is 5.73. The van der Waals surface area contributed by atoms with Crippen molar-refractivity contribution >= 4 is 17.6 Å². The van der Waals surface area contributed by atoms with Gasteiger partial charge in [0.2, 0.25) is 11.7 Å². The van der Waals surface area contributed by atoms with Gasteiger partial charge in [-0.2, -0.15) is 0 Å². The Morgan fingerprint density at radius 1 is 1.48 bits per heavy atom. The molecule has 0 bridgehead atoms. The van der Waals surface area contributed by atoms with Crippen LogP contribution in [0.1, 0.15) is 29.6 Å². The molecular formula is C13H9ClF3NO3. The topological polar surface area (TPSA) is 52.3 Å². The van der Waals surface area contributed by atoms with Crippen LogP contribution in [0.3, 0.4) is 0 Å². The molecule has 0 spiro atoms. The first kappa shape index (κ1) is 15.4. The normalized spacial score (nSPS) is 11.0. The van der Waals surface area contributed by atoms with Gasteiger partial charge in [-0.05, 0) is 19.1 Å². The zero-order chi connectivity index (χ0) is 15.6. The van der Waals surface area contributed by atoms with Crippen LogP contribution >= 0.6 is 11.6 Å². The summed E-state index contributed by atoms with van der Waals surface area (Å²) in [5, 5.41) is -0.338. The van der Waals surface area contributed by atoms with Crippen molar-refractivity contribution in [3.63, 3.8) is 0 Å². The molecule has 21 heavy (non-hydrogen) atoms. The van der Waals surface area contributed by atoms with Gasteiger partial charge < -0.3 is 9.15 Å².